The lowest BCUT2D eigenvalue weighted by Gasteiger charge is -2.15. The zero-order valence-corrected chi connectivity index (χ0v) is 13.8. The van der Waals surface area contributed by atoms with Crippen LogP contribution in [0.25, 0.3) is 0 Å². The van der Waals surface area contributed by atoms with Gasteiger partial charge in [0.1, 0.15) is 24.0 Å². The van der Waals surface area contributed by atoms with E-state index in [1.165, 1.54) is 0 Å². The lowest BCUT2D eigenvalue weighted by molar-refractivity contribution is -0.385. The van der Waals surface area contributed by atoms with Crippen molar-refractivity contribution in [2.45, 2.75) is 38.3 Å². The molecule has 0 bridgehead atoms. The molecule has 2 aromatic heterocycles. The van der Waals surface area contributed by atoms with E-state index in [2.05, 4.69) is 10.4 Å². The summed E-state index contributed by atoms with van der Waals surface area (Å²) in [4.78, 5) is 34.6. The number of rotatable bonds is 5. The van der Waals surface area contributed by atoms with Gasteiger partial charge in [-0.05, 0) is 12.8 Å². The molecule has 1 amide bonds. The van der Waals surface area contributed by atoms with Gasteiger partial charge in [0.15, 0.2) is 0 Å². The van der Waals surface area contributed by atoms with E-state index in [0.717, 1.165) is 42.5 Å². The molecule has 0 spiro atoms. The first-order chi connectivity index (χ1) is 12.5. The van der Waals surface area contributed by atoms with Crippen molar-refractivity contribution in [1.29, 1.82) is 5.26 Å². The van der Waals surface area contributed by atoms with Gasteiger partial charge in [0.05, 0.1) is 23.4 Å². The summed E-state index contributed by atoms with van der Waals surface area (Å²) in [6.07, 6.45) is 6.73. The normalized spacial score (nSPS) is 14.1. The van der Waals surface area contributed by atoms with E-state index in [0.29, 0.717) is 5.82 Å². The van der Waals surface area contributed by atoms with Gasteiger partial charge < -0.3 is 5.32 Å². The largest absolute Gasteiger partial charge is 0.309 e. The number of aromatic nitrogens is 3. The van der Waals surface area contributed by atoms with Crippen molar-refractivity contribution in [2.24, 2.45) is 0 Å². The lowest BCUT2D eigenvalue weighted by Crippen LogP contribution is -2.29. The van der Waals surface area contributed by atoms with Crippen molar-refractivity contribution in [2.75, 3.05) is 5.32 Å². The minimum absolute atomic E-state index is 0.228. The Kier molecular flexibility index (Phi) is 4.79. The van der Waals surface area contributed by atoms with Crippen LogP contribution in [0.4, 0.5) is 11.5 Å². The van der Waals surface area contributed by atoms with Crippen molar-refractivity contribution in [1.82, 2.24) is 14.3 Å². The highest BCUT2D eigenvalue weighted by atomic mass is 16.6. The molecule has 1 aliphatic rings. The first-order valence-electron chi connectivity index (χ1n) is 8.12. The molecule has 1 N–H and O–H groups in total. The Morgan fingerprint density at radius 3 is 2.85 bits per heavy atom. The molecule has 134 valence electrons. The van der Waals surface area contributed by atoms with Crippen molar-refractivity contribution in [3.8, 4) is 6.07 Å². The van der Waals surface area contributed by atoms with Crippen LogP contribution in [0, 0.1) is 21.4 Å². The summed E-state index contributed by atoms with van der Waals surface area (Å²) >= 11 is 0. The van der Waals surface area contributed by atoms with E-state index in [9.17, 15) is 19.7 Å². The lowest BCUT2D eigenvalue weighted by atomic mass is 10.2. The molecule has 1 fully saturated rings. The van der Waals surface area contributed by atoms with Crippen LogP contribution in [0.5, 0.6) is 0 Å². The fourth-order valence-corrected chi connectivity index (χ4v) is 3.11. The van der Waals surface area contributed by atoms with Crippen LogP contribution in [-0.4, -0.2) is 25.2 Å². The standard InChI is InChI=1S/C16H16N6O4/c17-8-11-7-13(22(25)26)9-20(16(11)24)10-15(23)19-14-5-6-18-21(14)12-3-1-2-4-12/h5-7,9,12H,1-4,10H2,(H,19,23). The molecule has 0 aromatic carbocycles. The number of nitro groups is 1. The Morgan fingerprint density at radius 1 is 1.46 bits per heavy atom. The highest BCUT2D eigenvalue weighted by Gasteiger charge is 2.21. The van der Waals surface area contributed by atoms with Gasteiger partial charge in [-0.25, -0.2) is 4.68 Å². The summed E-state index contributed by atoms with van der Waals surface area (Å²) in [5.74, 6) is -0.0166. The molecule has 2 aromatic rings. The maximum absolute atomic E-state index is 12.3. The number of anilines is 1. The van der Waals surface area contributed by atoms with E-state index in [1.54, 1.807) is 23.0 Å². The van der Waals surface area contributed by atoms with Crippen LogP contribution in [0.1, 0.15) is 37.3 Å². The summed E-state index contributed by atoms with van der Waals surface area (Å²) in [5.41, 5.74) is -1.56. The second kappa shape index (κ2) is 7.18. The summed E-state index contributed by atoms with van der Waals surface area (Å²) < 4.78 is 2.62. The molecule has 26 heavy (non-hydrogen) atoms. The monoisotopic (exact) mass is 356 g/mol. The van der Waals surface area contributed by atoms with Gasteiger partial charge in [-0.3, -0.25) is 24.3 Å². The van der Waals surface area contributed by atoms with Crippen LogP contribution in [0.2, 0.25) is 0 Å². The van der Waals surface area contributed by atoms with Crippen molar-refractivity contribution >= 4 is 17.4 Å². The number of pyridine rings is 1. The Hall–Kier alpha value is -3.48. The van der Waals surface area contributed by atoms with E-state index >= 15 is 0 Å². The number of nitriles is 1. The average Bonchev–Trinajstić information content (AvgIpc) is 3.27. The molecule has 0 radical (unpaired) electrons. The van der Waals surface area contributed by atoms with Crippen LogP contribution < -0.4 is 10.9 Å². The number of carbonyl (C=O) groups excluding carboxylic acids is 1. The van der Waals surface area contributed by atoms with Crippen molar-refractivity contribution < 1.29 is 9.72 Å². The Balaban J connectivity index is 1.80. The van der Waals surface area contributed by atoms with Crippen LogP contribution in [0.15, 0.2) is 29.3 Å². The smallest absolute Gasteiger partial charge is 0.287 e. The molecule has 10 nitrogen and oxygen atoms in total. The fourth-order valence-electron chi connectivity index (χ4n) is 3.11. The fraction of sp³-hybridized carbons (Fsp3) is 0.375. The molecule has 0 unspecified atom stereocenters. The maximum Gasteiger partial charge on any atom is 0.287 e. The number of nitrogens with one attached hydrogen (secondary N) is 1. The second-order valence-corrected chi connectivity index (χ2v) is 6.06. The third kappa shape index (κ3) is 3.46. The van der Waals surface area contributed by atoms with Gasteiger partial charge in [0.2, 0.25) is 5.91 Å². The second-order valence-electron chi connectivity index (χ2n) is 6.06. The molecule has 2 heterocycles. The van der Waals surface area contributed by atoms with E-state index in [-0.39, 0.29) is 11.6 Å². The minimum atomic E-state index is -0.752. The third-order valence-electron chi connectivity index (χ3n) is 4.33. The van der Waals surface area contributed by atoms with Gasteiger partial charge in [-0.15, -0.1) is 0 Å². The molecule has 0 aliphatic heterocycles. The molecule has 1 aliphatic carbocycles. The summed E-state index contributed by atoms with van der Waals surface area (Å²) in [7, 11) is 0. The minimum Gasteiger partial charge on any atom is -0.309 e. The van der Waals surface area contributed by atoms with Crippen molar-refractivity contribution in [3.63, 3.8) is 0 Å². The first-order valence-corrected chi connectivity index (χ1v) is 8.12. The van der Waals surface area contributed by atoms with Gasteiger partial charge in [-0.1, -0.05) is 12.8 Å². The number of nitrogens with zero attached hydrogens (tertiary/aromatic N) is 5. The predicted molar refractivity (Wildman–Crippen MR) is 90.4 cm³/mol. The molecule has 3 rings (SSSR count). The molecule has 1 saturated carbocycles. The number of hydrogen-bond acceptors (Lipinski definition) is 6. The Labute approximate surface area is 147 Å². The maximum atomic E-state index is 12.3. The average molecular weight is 356 g/mol. The number of carbonyl (C=O) groups is 1. The van der Waals surface area contributed by atoms with Gasteiger partial charge in [0, 0.05) is 12.1 Å². The van der Waals surface area contributed by atoms with Crippen LogP contribution in [-0.2, 0) is 11.3 Å². The Bertz CT molecular complexity index is 948. The zero-order valence-electron chi connectivity index (χ0n) is 13.8. The molecule has 10 heteroatoms. The molecular weight excluding hydrogens is 340 g/mol. The van der Waals surface area contributed by atoms with E-state index in [1.807, 2.05) is 0 Å². The highest BCUT2D eigenvalue weighted by Crippen LogP contribution is 2.31. The van der Waals surface area contributed by atoms with Crippen LogP contribution in [0.3, 0.4) is 0 Å². The highest BCUT2D eigenvalue weighted by molar-refractivity contribution is 5.89. The molecule has 0 saturated heterocycles. The molecular formula is C16H16N6O4. The van der Waals surface area contributed by atoms with Gasteiger partial charge in [0.25, 0.3) is 11.2 Å². The Morgan fingerprint density at radius 2 is 2.19 bits per heavy atom. The third-order valence-corrected chi connectivity index (χ3v) is 4.33. The van der Waals surface area contributed by atoms with Gasteiger partial charge >= 0.3 is 0 Å². The summed E-state index contributed by atoms with van der Waals surface area (Å²) in [5, 5.41) is 26.8. The summed E-state index contributed by atoms with van der Waals surface area (Å²) in [6, 6.07) is 4.39. The zero-order chi connectivity index (χ0) is 18.7. The first kappa shape index (κ1) is 17.3. The van der Waals surface area contributed by atoms with E-state index in [4.69, 9.17) is 5.26 Å². The number of amides is 1. The quantitative estimate of drug-likeness (QED) is 0.638. The topological polar surface area (TPSA) is 136 Å². The van der Waals surface area contributed by atoms with E-state index < -0.39 is 28.6 Å². The number of hydrogen-bond donors (Lipinski definition) is 1. The van der Waals surface area contributed by atoms with Crippen LogP contribution >= 0.6 is 0 Å². The predicted octanol–water partition coefficient (Wildman–Crippen LogP) is 1.58. The SMILES string of the molecule is N#Cc1cc([N+](=O)[O-])cn(CC(=O)Nc2ccnn2C2CCCC2)c1=O. The van der Waals surface area contributed by atoms with Gasteiger partial charge in [-0.2, -0.15) is 10.4 Å². The van der Waals surface area contributed by atoms with Crippen molar-refractivity contribution in [3.05, 3.63) is 50.6 Å². The molecule has 0 atom stereocenters. The summed E-state index contributed by atoms with van der Waals surface area (Å²) in [6.45, 7) is -0.439.